The van der Waals surface area contributed by atoms with E-state index in [1.165, 1.54) is 0 Å². The van der Waals surface area contributed by atoms with E-state index in [9.17, 15) is 0 Å². The second kappa shape index (κ2) is 4.03. The fraction of sp³-hybridized carbons (Fsp3) is 0.273. The van der Waals surface area contributed by atoms with Gasteiger partial charge in [-0.15, -0.1) is 10.2 Å². The van der Waals surface area contributed by atoms with Gasteiger partial charge in [0.1, 0.15) is 6.33 Å². The average molecular weight is 222 g/mol. The van der Waals surface area contributed by atoms with Crippen molar-refractivity contribution in [1.29, 1.82) is 0 Å². The standard InChI is InChI=1S/C11H12ClN3/c1-8(2)15-7-13-14-11(15)9-4-3-5-10(12)6-9/h3-8H,1-2H3. The molecule has 0 aliphatic rings. The van der Waals surface area contributed by atoms with Gasteiger partial charge in [0.25, 0.3) is 0 Å². The smallest absolute Gasteiger partial charge is 0.164 e. The number of aromatic nitrogens is 3. The Morgan fingerprint density at radius 1 is 1.33 bits per heavy atom. The van der Waals surface area contributed by atoms with Crippen LogP contribution in [0.2, 0.25) is 5.02 Å². The highest BCUT2D eigenvalue weighted by Gasteiger charge is 2.09. The first kappa shape index (κ1) is 10.2. The molecule has 0 bridgehead atoms. The Morgan fingerprint density at radius 2 is 2.13 bits per heavy atom. The average Bonchev–Trinajstić information content (AvgIpc) is 2.65. The molecule has 0 amide bonds. The fourth-order valence-electron chi connectivity index (χ4n) is 1.45. The van der Waals surface area contributed by atoms with Crippen LogP contribution in [0.3, 0.4) is 0 Å². The highest BCUT2D eigenvalue weighted by atomic mass is 35.5. The molecule has 1 aromatic carbocycles. The summed E-state index contributed by atoms with van der Waals surface area (Å²) < 4.78 is 2.02. The molecule has 0 saturated heterocycles. The lowest BCUT2D eigenvalue weighted by molar-refractivity contribution is 0.604. The van der Waals surface area contributed by atoms with Crippen LogP contribution in [-0.2, 0) is 0 Å². The molecule has 0 saturated carbocycles. The van der Waals surface area contributed by atoms with Crippen molar-refractivity contribution < 1.29 is 0 Å². The second-order valence-corrected chi connectivity index (χ2v) is 4.10. The minimum atomic E-state index is 0.342. The van der Waals surface area contributed by atoms with E-state index < -0.39 is 0 Å². The Bertz CT molecular complexity index is 462. The lowest BCUT2D eigenvalue weighted by atomic mass is 10.2. The number of nitrogens with zero attached hydrogens (tertiary/aromatic N) is 3. The molecule has 78 valence electrons. The Kier molecular flexibility index (Phi) is 2.73. The summed E-state index contributed by atoms with van der Waals surface area (Å²) in [5, 5.41) is 8.74. The zero-order chi connectivity index (χ0) is 10.8. The van der Waals surface area contributed by atoms with Crippen LogP contribution < -0.4 is 0 Å². The van der Waals surface area contributed by atoms with Crippen molar-refractivity contribution in [1.82, 2.24) is 14.8 Å². The highest BCUT2D eigenvalue weighted by molar-refractivity contribution is 6.30. The van der Waals surface area contributed by atoms with Crippen molar-refractivity contribution in [3.8, 4) is 11.4 Å². The van der Waals surface area contributed by atoms with E-state index in [1.54, 1.807) is 6.33 Å². The van der Waals surface area contributed by atoms with Crippen molar-refractivity contribution in [2.45, 2.75) is 19.9 Å². The molecule has 1 heterocycles. The van der Waals surface area contributed by atoms with Crippen molar-refractivity contribution in [2.24, 2.45) is 0 Å². The first-order chi connectivity index (χ1) is 7.18. The Labute approximate surface area is 93.7 Å². The lowest BCUT2D eigenvalue weighted by Crippen LogP contribution is -2.01. The van der Waals surface area contributed by atoms with Gasteiger partial charge in [-0.2, -0.15) is 0 Å². The predicted octanol–water partition coefficient (Wildman–Crippen LogP) is 3.18. The summed E-state index contributed by atoms with van der Waals surface area (Å²) in [5.41, 5.74) is 0.994. The largest absolute Gasteiger partial charge is 0.311 e. The quantitative estimate of drug-likeness (QED) is 0.780. The molecule has 0 fully saturated rings. The number of halogens is 1. The van der Waals surface area contributed by atoms with Gasteiger partial charge in [-0.3, -0.25) is 0 Å². The second-order valence-electron chi connectivity index (χ2n) is 3.67. The first-order valence-electron chi connectivity index (χ1n) is 4.84. The maximum Gasteiger partial charge on any atom is 0.164 e. The van der Waals surface area contributed by atoms with E-state index >= 15 is 0 Å². The van der Waals surface area contributed by atoms with E-state index in [-0.39, 0.29) is 0 Å². The Hall–Kier alpha value is -1.35. The normalized spacial score (nSPS) is 10.9. The maximum absolute atomic E-state index is 5.94. The molecule has 3 nitrogen and oxygen atoms in total. The van der Waals surface area contributed by atoms with Gasteiger partial charge in [0.05, 0.1) is 0 Å². The summed E-state index contributed by atoms with van der Waals surface area (Å²) in [5.74, 6) is 0.854. The van der Waals surface area contributed by atoms with Crippen molar-refractivity contribution >= 4 is 11.6 Å². The summed E-state index contributed by atoms with van der Waals surface area (Å²) in [7, 11) is 0. The van der Waals surface area contributed by atoms with Crippen LogP contribution in [-0.4, -0.2) is 14.8 Å². The van der Waals surface area contributed by atoms with Gasteiger partial charge in [-0.1, -0.05) is 23.7 Å². The summed E-state index contributed by atoms with van der Waals surface area (Å²) in [6.07, 6.45) is 1.74. The molecule has 0 spiro atoms. The third-order valence-electron chi connectivity index (χ3n) is 2.21. The van der Waals surface area contributed by atoms with E-state index in [2.05, 4.69) is 24.0 Å². The van der Waals surface area contributed by atoms with Crippen molar-refractivity contribution in [2.75, 3.05) is 0 Å². The molecular formula is C11H12ClN3. The van der Waals surface area contributed by atoms with Crippen LogP contribution in [0.25, 0.3) is 11.4 Å². The molecule has 1 aromatic heterocycles. The van der Waals surface area contributed by atoms with Crippen LogP contribution in [0.15, 0.2) is 30.6 Å². The zero-order valence-corrected chi connectivity index (χ0v) is 9.44. The van der Waals surface area contributed by atoms with Crippen molar-refractivity contribution in [3.63, 3.8) is 0 Å². The van der Waals surface area contributed by atoms with Crippen molar-refractivity contribution in [3.05, 3.63) is 35.6 Å². The monoisotopic (exact) mass is 221 g/mol. The van der Waals surface area contributed by atoms with Gasteiger partial charge >= 0.3 is 0 Å². The zero-order valence-electron chi connectivity index (χ0n) is 8.68. The third kappa shape index (κ3) is 2.02. The summed E-state index contributed by atoms with van der Waals surface area (Å²) in [4.78, 5) is 0. The molecule has 4 heteroatoms. The molecule has 0 N–H and O–H groups in total. The van der Waals surface area contributed by atoms with E-state index in [4.69, 9.17) is 11.6 Å². The fourth-order valence-corrected chi connectivity index (χ4v) is 1.65. The molecular weight excluding hydrogens is 210 g/mol. The summed E-state index contributed by atoms with van der Waals surface area (Å²) >= 11 is 5.94. The predicted molar refractivity (Wildman–Crippen MR) is 60.9 cm³/mol. The first-order valence-corrected chi connectivity index (χ1v) is 5.21. The molecule has 2 aromatic rings. The van der Waals surface area contributed by atoms with Gasteiger partial charge in [0, 0.05) is 16.6 Å². The highest BCUT2D eigenvalue weighted by Crippen LogP contribution is 2.22. The van der Waals surface area contributed by atoms with Gasteiger partial charge in [0.15, 0.2) is 5.82 Å². The molecule has 0 aliphatic carbocycles. The molecule has 0 atom stereocenters. The van der Waals surface area contributed by atoms with Gasteiger partial charge in [0.2, 0.25) is 0 Å². The molecule has 0 aliphatic heterocycles. The minimum absolute atomic E-state index is 0.342. The Balaban J connectivity index is 2.49. The van der Waals surface area contributed by atoms with Gasteiger partial charge < -0.3 is 4.57 Å². The van der Waals surface area contributed by atoms with Crippen LogP contribution in [0.1, 0.15) is 19.9 Å². The Morgan fingerprint density at radius 3 is 2.80 bits per heavy atom. The third-order valence-corrected chi connectivity index (χ3v) is 2.45. The van der Waals surface area contributed by atoms with Crippen LogP contribution >= 0.6 is 11.6 Å². The number of benzene rings is 1. The van der Waals surface area contributed by atoms with Crippen LogP contribution in [0, 0.1) is 0 Å². The summed E-state index contributed by atoms with van der Waals surface area (Å²) in [6.45, 7) is 4.19. The molecule has 2 rings (SSSR count). The van der Waals surface area contributed by atoms with E-state index in [0.29, 0.717) is 11.1 Å². The number of hydrogen-bond donors (Lipinski definition) is 0. The number of hydrogen-bond acceptors (Lipinski definition) is 2. The van der Waals surface area contributed by atoms with E-state index in [1.807, 2.05) is 28.8 Å². The molecule has 15 heavy (non-hydrogen) atoms. The molecule has 0 radical (unpaired) electrons. The topological polar surface area (TPSA) is 30.7 Å². The maximum atomic E-state index is 5.94. The van der Waals surface area contributed by atoms with Gasteiger partial charge in [-0.05, 0) is 26.0 Å². The minimum Gasteiger partial charge on any atom is -0.311 e. The number of rotatable bonds is 2. The molecule has 0 unspecified atom stereocenters. The SMILES string of the molecule is CC(C)n1cnnc1-c1cccc(Cl)c1. The van der Waals surface area contributed by atoms with Gasteiger partial charge in [-0.25, -0.2) is 0 Å². The lowest BCUT2D eigenvalue weighted by Gasteiger charge is -2.09. The summed E-state index contributed by atoms with van der Waals surface area (Å²) in [6, 6.07) is 7.98. The van der Waals surface area contributed by atoms with Crippen LogP contribution in [0.5, 0.6) is 0 Å². The van der Waals surface area contributed by atoms with E-state index in [0.717, 1.165) is 11.4 Å². The van der Waals surface area contributed by atoms with Crippen LogP contribution in [0.4, 0.5) is 0 Å².